The Bertz CT molecular complexity index is 1150. The first-order valence-corrected chi connectivity index (χ1v) is 9.51. The molecule has 1 N–H and O–H groups in total. The van der Waals surface area contributed by atoms with Crippen LogP contribution in [0.2, 0.25) is 5.28 Å². The number of aryl methyl sites for hydroxylation is 2. The van der Waals surface area contributed by atoms with Gasteiger partial charge in [-0.25, -0.2) is 19.7 Å². The standard InChI is InChI=1S/C19H15ClN4O3S/c1-9-8-13(24-19(20)21-9)23-16-15(14(10(2)27-16)18(25)26-3)17-22-11-6-4-5-7-12(11)28-17/h4-8H,1-3H3,(H,21,23,24). The van der Waals surface area contributed by atoms with Gasteiger partial charge in [0.05, 0.1) is 22.9 Å². The van der Waals surface area contributed by atoms with Crippen LogP contribution in [0.4, 0.5) is 11.7 Å². The lowest BCUT2D eigenvalue weighted by Crippen LogP contribution is -2.04. The monoisotopic (exact) mass is 414 g/mol. The van der Waals surface area contributed by atoms with Crippen molar-refractivity contribution in [2.24, 2.45) is 0 Å². The number of methoxy groups -OCH3 is 1. The van der Waals surface area contributed by atoms with Gasteiger partial charge in [-0.05, 0) is 37.6 Å². The molecule has 142 valence electrons. The molecule has 1 aromatic carbocycles. The molecule has 0 aliphatic rings. The number of anilines is 2. The number of para-hydroxylation sites is 1. The molecule has 0 aliphatic heterocycles. The van der Waals surface area contributed by atoms with Crippen LogP contribution in [0, 0.1) is 13.8 Å². The van der Waals surface area contributed by atoms with Crippen molar-refractivity contribution in [3.05, 3.63) is 52.6 Å². The van der Waals surface area contributed by atoms with E-state index in [1.54, 1.807) is 19.9 Å². The number of fused-ring (bicyclic) bond motifs is 1. The number of rotatable bonds is 4. The van der Waals surface area contributed by atoms with Crippen molar-refractivity contribution < 1.29 is 13.9 Å². The quantitative estimate of drug-likeness (QED) is 0.365. The van der Waals surface area contributed by atoms with Crippen LogP contribution in [0.5, 0.6) is 0 Å². The average molecular weight is 415 g/mol. The Morgan fingerprint density at radius 3 is 2.71 bits per heavy atom. The normalized spacial score (nSPS) is 11.0. The van der Waals surface area contributed by atoms with E-state index in [1.165, 1.54) is 18.4 Å². The Balaban J connectivity index is 1.90. The number of nitrogens with one attached hydrogen (secondary N) is 1. The van der Waals surface area contributed by atoms with Gasteiger partial charge in [0.2, 0.25) is 11.2 Å². The maximum atomic E-state index is 12.4. The van der Waals surface area contributed by atoms with Crippen molar-refractivity contribution in [2.45, 2.75) is 13.8 Å². The SMILES string of the molecule is COC(=O)c1c(C)oc(Nc2cc(C)nc(Cl)n2)c1-c1nc2ccccc2s1. The minimum absolute atomic E-state index is 0.112. The van der Waals surface area contributed by atoms with E-state index in [0.29, 0.717) is 39.3 Å². The Hall–Kier alpha value is -2.97. The number of esters is 1. The number of carbonyl (C=O) groups excluding carboxylic acids is 1. The van der Waals surface area contributed by atoms with Gasteiger partial charge in [0, 0.05) is 11.8 Å². The fourth-order valence-electron chi connectivity index (χ4n) is 2.88. The fourth-order valence-corrected chi connectivity index (χ4v) is 4.11. The van der Waals surface area contributed by atoms with Crippen LogP contribution in [0.15, 0.2) is 34.7 Å². The fraction of sp³-hybridized carbons (Fsp3) is 0.158. The summed E-state index contributed by atoms with van der Waals surface area (Å²) < 4.78 is 11.8. The van der Waals surface area contributed by atoms with Crippen molar-refractivity contribution in [1.82, 2.24) is 15.0 Å². The number of carbonyl (C=O) groups is 1. The predicted molar refractivity (Wildman–Crippen MR) is 108 cm³/mol. The Morgan fingerprint density at radius 1 is 1.21 bits per heavy atom. The van der Waals surface area contributed by atoms with Gasteiger partial charge in [-0.3, -0.25) is 0 Å². The Labute approximate surface area is 169 Å². The summed E-state index contributed by atoms with van der Waals surface area (Å²) in [5.74, 6) is 0.706. The molecule has 0 unspecified atom stereocenters. The van der Waals surface area contributed by atoms with E-state index < -0.39 is 5.97 Å². The van der Waals surface area contributed by atoms with Crippen LogP contribution in [-0.4, -0.2) is 28.0 Å². The highest BCUT2D eigenvalue weighted by Gasteiger charge is 2.28. The predicted octanol–water partition coefficient (Wildman–Crippen LogP) is 5.15. The third kappa shape index (κ3) is 3.32. The maximum Gasteiger partial charge on any atom is 0.342 e. The molecule has 28 heavy (non-hydrogen) atoms. The van der Waals surface area contributed by atoms with Gasteiger partial charge in [-0.2, -0.15) is 0 Å². The number of halogens is 1. The summed E-state index contributed by atoms with van der Waals surface area (Å²) in [6.45, 7) is 3.51. The second kappa shape index (κ2) is 7.21. The van der Waals surface area contributed by atoms with Gasteiger partial charge < -0.3 is 14.5 Å². The van der Waals surface area contributed by atoms with Gasteiger partial charge in [-0.1, -0.05) is 12.1 Å². The van der Waals surface area contributed by atoms with Crippen molar-refractivity contribution in [2.75, 3.05) is 12.4 Å². The van der Waals surface area contributed by atoms with E-state index in [4.69, 9.17) is 20.8 Å². The summed E-state index contributed by atoms with van der Waals surface area (Å²) in [5.41, 5.74) is 2.38. The number of ether oxygens (including phenoxy) is 1. The topological polar surface area (TPSA) is 90.1 Å². The molecule has 4 aromatic rings. The molecular weight excluding hydrogens is 400 g/mol. The zero-order valence-electron chi connectivity index (χ0n) is 15.2. The smallest absolute Gasteiger partial charge is 0.342 e. The highest BCUT2D eigenvalue weighted by molar-refractivity contribution is 7.21. The summed E-state index contributed by atoms with van der Waals surface area (Å²) in [4.78, 5) is 25.3. The van der Waals surface area contributed by atoms with Crippen LogP contribution >= 0.6 is 22.9 Å². The molecule has 4 rings (SSSR count). The van der Waals surface area contributed by atoms with Crippen molar-refractivity contribution in [1.29, 1.82) is 0 Å². The van der Waals surface area contributed by atoms with Gasteiger partial charge >= 0.3 is 5.97 Å². The summed E-state index contributed by atoms with van der Waals surface area (Å²) in [7, 11) is 1.33. The third-order valence-electron chi connectivity index (χ3n) is 4.05. The molecular formula is C19H15ClN4O3S. The number of aromatic nitrogens is 3. The zero-order chi connectivity index (χ0) is 19.8. The van der Waals surface area contributed by atoms with Gasteiger partial charge in [0.25, 0.3) is 0 Å². The van der Waals surface area contributed by atoms with Crippen molar-refractivity contribution in [3.63, 3.8) is 0 Å². The average Bonchev–Trinajstić information content (AvgIpc) is 3.20. The Kier molecular flexibility index (Phi) is 4.74. The number of benzene rings is 1. The van der Waals surface area contributed by atoms with E-state index in [2.05, 4.69) is 20.3 Å². The molecule has 0 saturated carbocycles. The summed E-state index contributed by atoms with van der Waals surface area (Å²) >= 11 is 7.42. The Morgan fingerprint density at radius 2 is 2.00 bits per heavy atom. The molecule has 0 amide bonds. The van der Waals surface area contributed by atoms with Crippen molar-refractivity contribution >= 4 is 50.8 Å². The second-order valence-electron chi connectivity index (χ2n) is 6.00. The number of nitrogens with zero attached hydrogens (tertiary/aromatic N) is 3. The number of hydrogen-bond donors (Lipinski definition) is 1. The van der Waals surface area contributed by atoms with E-state index in [-0.39, 0.29) is 5.28 Å². The number of hydrogen-bond acceptors (Lipinski definition) is 8. The van der Waals surface area contributed by atoms with E-state index in [0.717, 1.165) is 10.2 Å². The van der Waals surface area contributed by atoms with Crippen LogP contribution in [0.3, 0.4) is 0 Å². The van der Waals surface area contributed by atoms with Crippen molar-refractivity contribution in [3.8, 4) is 10.6 Å². The minimum Gasteiger partial charge on any atom is -0.465 e. The molecule has 0 atom stereocenters. The number of thiazole rings is 1. The van der Waals surface area contributed by atoms with Crippen LogP contribution in [-0.2, 0) is 4.74 Å². The van der Waals surface area contributed by atoms with E-state index in [1.807, 2.05) is 24.3 Å². The highest BCUT2D eigenvalue weighted by atomic mass is 35.5. The first-order chi connectivity index (χ1) is 13.5. The van der Waals surface area contributed by atoms with Crippen LogP contribution < -0.4 is 5.32 Å². The second-order valence-corrected chi connectivity index (χ2v) is 7.37. The van der Waals surface area contributed by atoms with Crippen LogP contribution in [0.1, 0.15) is 21.8 Å². The van der Waals surface area contributed by atoms with Gasteiger partial charge in [0.1, 0.15) is 22.1 Å². The molecule has 3 heterocycles. The molecule has 0 aliphatic carbocycles. The molecule has 0 radical (unpaired) electrons. The summed E-state index contributed by atoms with van der Waals surface area (Å²) in [6, 6.07) is 9.47. The lowest BCUT2D eigenvalue weighted by molar-refractivity contribution is 0.0599. The lowest BCUT2D eigenvalue weighted by Gasteiger charge is -2.06. The summed E-state index contributed by atoms with van der Waals surface area (Å²) in [5, 5.41) is 3.84. The molecule has 0 bridgehead atoms. The molecule has 0 fully saturated rings. The summed E-state index contributed by atoms with van der Waals surface area (Å²) in [6.07, 6.45) is 0. The highest BCUT2D eigenvalue weighted by Crippen LogP contribution is 2.41. The molecule has 0 saturated heterocycles. The molecule has 0 spiro atoms. The number of furan rings is 1. The van der Waals surface area contributed by atoms with Gasteiger partial charge in [0.15, 0.2) is 0 Å². The first kappa shape index (κ1) is 18.4. The molecule has 3 aromatic heterocycles. The largest absolute Gasteiger partial charge is 0.465 e. The maximum absolute atomic E-state index is 12.4. The molecule has 7 nitrogen and oxygen atoms in total. The zero-order valence-corrected chi connectivity index (χ0v) is 16.8. The lowest BCUT2D eigenvalue weighted by atomic mass is 10.1. The van der Waals surface area contributed by atoms with Crippen LogP contribution in [0.25, 0.3) is 20.8 Å². The van der Waals surface area contributed by atoms with E-state index in [9.17, 15) is 4.79 Å². The minimum atomic E-state index is -0.500. The first-order valence-electron chi connectivity index (χ1n) is 8.32. The third-order valence-corrected chi connectivity index (χ3v) is 5.27. The molecule has 9 heteroatoms. The van der Waals surface area contributed by atoms with Gasteiger partial charge in [-0.15, -0.1) is 11.3 Å². The van der Waals surface area contributed by atoms with E-state index >= 15 is 0 Å².